The molecule has 1 fully saturated rings. The largest absolute Gasteiger partial charge is 0.396 e. The molecule has 1 rings (SSSR count). The van der Waals surface area contributed by atoms with Gasteiger partial charge in [0.25, 0.3) is 0 Å². The molecule has 28 heavy (non-hydrogen) atoms. The number of rotatable bonds is 15. The van der Waals surface area contributed by atoms with Crippen molar-refractivity contribution < 1.29 is 24.9 Å². The van der Waals surface area contributed by atoms with E-state index in [2.05, 4.69) is 6.08 Å². The summed E-state index contributed by atoms with van der Waals surface area (Å²) in [6, 6.07) is 0. The van der Waals surface area contributed by atoms with E-state index in [9.17, 15) is 14.7 Å². The van der Waals surface area contributed by atoms with Crippen molar-refractivity contribution in [3.63, 3.8) is 0 Å². The maximum atomic E-state index is 12.2. The molecule has 160 valence electrons. The fraction of sp³-hybridized carbons (Fsp3) is 0.739. The highest BCUT2D eigenvalue weighted by Gasteiger charge is 2.31. The second-order valence-corrected chi connectivity index (χ2v) is 8.00. The molecule has 1 aliphatic rings. The van der Waals surface area contributed by atoms with Crippen molar-refractivity contribution in [3.05, 3.63) is 24.3 Å². The zero-order valence-corrected chi connectivity index (χ0v) is 17.3. The fourth-order valence-electron chi connectivity index (χ4n) is 3.72. The highest BCUT2D eigenvalue weighted by molar-refractivity contribution is 5.83. The third kappa shape index (κ3) is 9.76. The van der Waals surface area contributed by atoms with Gasteiger partial charge in [0.15, 0.2) is 5.78 Å². The lowest BCUT2D eigenvalue weighted by atomic mass is 9.90. The Balaban J connectivity index is 2.35. The average Bonchev–Trinajstić information content (AvgIpc) is 3.03. The first-order valence-electron chi connectivity index (χ1n) is 10.7. The van der Waals surface area contributed by atoms with Crippen LogP contribution in [0.1, 0.15) is 71.1 Å². The Bertz CT molecular complexity index is 511. The van der Waals surface area contributed by atoms with E-state index < -0.39 is 0 Å². The van der Waals surface area contributed by atoms with Crippen LogP contribution in [0.4, 0.5) is 0 Å². The summed E-state index contributed by atoms with van der Waals surface area (Å²) in [6.07, 6.45) is 15.2. The molecule has 0 aromatic rings. The lowest BCUT2D eigenvalue weighted by Gasteiger charge is -2.18. The molecule has 0 amide bonds. The van der Waals surface area contributed by atoms with Gasteiger partial charge in [0.05, 0.1) is 6.10 Å². The van der Waals surface area contributed by atoms with Crippen LogP contribution in [0.15, 0.2) is 24.3 Å². The maximum absolute atomic E-state index is 12.2. The van der Waals surface area contributed by atoms with Crippen LogP contribution < -0.4 is 0 Å². The summed E-state index contributed by atoms with van der Waals surface area (Å²) < 4.78 is 0. The van der Waals surface area contributed by atoms with E-state index in [1.807, 2.05) is 25.2 Å². The molecular formula is C23H38O5. The summed E-state index contributed by atoms with van der Waals surface area (Å²) in [7, 11) is 0. The van der Waals surface area contributed by atoms with Crippen molar-refractivity contribution in [2.24, 2.45) is 17.8 Å². The summed E-state index contributed by atoms with van der Waals surface area (Å²) in [6.45, 7) is 1.86. The van der Waals surface area contributed by atoms with Gasteiger partial charge in [-0.3, -0.25) is 9.59 Å². The van der Waals surface area contributed by atoms with Crippen molar-refractivity contribution in [3.8, 4) is 0 Å². The third-order valence-corrected chi connectivity index (χ3v) is 5.70. The number of aliphatic hydroxyl groups is 3. The van der Waals surface area contributed by atoms with Crippen LogP contribution in [0.2, 0.25) is 0 Å². The fourth-order valence-corrected chi connectivity index (χ4v) is 3.72. The van der Waals surface area contributed by atoms with Crippen LogP contribution in [0.5, 0.6) is 0 Å². The summed E-state index contributed by atoms with van der Waals surface area (Å²) in [5.41, 5.74) is 0. The van der Waals surface area contributed by atoms with Crippen LogP contribution in [-0.4, -0.2) is 46.2 Å². The van der Waals surface area contributed by atoms with Gasteiger partial charge in [0.1, 0.15) is 12.4 Å². The lowest BCUT2D eigenvalue weighted by Crippen LogP contribution is -2.17. The first kappa shape index (κ1) is 24.7. The van der Waals surface area contributed by atoms with Crippen LogP contribution in [0.3, 0.4) is 0 Å². The van der Waals surface area contributed by atoms with E-state index in [0.29, 0.717) is 25.0 Å². The number of aliphatic hydroxyl groups excluding tert-OH is 3. The van der Waals surface area contributed by atoms with E-state index in [1.165, 1.54) is 0 Å². The average molecular weight is 395 g/mol. The molecule has 0 aliphatic heterocycles. The summed E-state index contributed by atoms with van der Waals surface area (Å²) in [5.74, 6) is 0.649. The summed E-state index contributed by atoms with van der Waals surface area (Å²) in [5, 5.41) is 27.8. The van der Waals surface area contributed by atoms with E-state index >= 15 is 0 Å². The number of carbonyl (C=O) groups excluding carboxylic acids is 2. The minimum absolute atomic E-state index is 0.0192. The number of Topliss-reactive ketones (excluding diaryl/α,β-unsaturated/α-hetero) is 2. The highest BCUT2D eigenvalue weighted by atomic mass is 16.3. The second kappa shape index (κ2) is 14.7. The first-order valence-corrected chi connectivity index (χ1v) is 10.7. The second-order valence-electron chi connectivity index (χ2n) is 8.00. The molecule has 2 unspecified atom stereocenters. The van der Waals surface area contributed by atoms with Gasteiger partial charge in [-0.25, -0.2) is 0 Å². The Kier molecular flexibility index (Phi) is 13.0. The molecule has 0 saturated heterocycles. The molecular weight excluding hydrogens is 356 g/mol. The molecule has 0 heterocycles. The van der Waals surface area contributed by atoms with E-state index in [-0.39, 0.29) is 42.9 Å². The number of hydrogen-bond donors (Lipinski definition) is 3. The molecule has 3 N–H and O–H groups in total. The molecule has 1 saturated carbocycles. The molecule has 0 bridgehead atoms. The van der Waals surface area contributed by atoms with E-state index in [1.54, 1.807) is 0 Å². The van der Waals surface area contributed by atoms with Gasteiger partial charge in [-0.2, -0.15) is 0 Å². The SMILES string of the molecule is CC(CCCCO)C(O)CC=C[C@H]1CCC(=O)[C@@H]1CC=CCCCC(=O)CO. The Hall–Kier alpha value is -1.30. The Morgan fingerprint density at radius 2 is 1.96 bits per heavy atom. The number of hydrogen-bond acceptors (Lipinski definition) is 5. The molecule has 0 aromatic carbocycles. The molecule has 4 atom stereocenters. The smallest absolute Gasteiger partial charge is 0.158 e. The third-order valence-electron chi connectivity index (χ3n) is 5.70. The quantitative estimate of drug-likeness (QED) is 0.292. The Labute approximate surface area is 169 Å². The molecule has 5 nitrogen and oxygen atoms in total. The minimum Gasteiger partial charge on any atom is -0.396 e. The van der Waals surface area contributed by atoms with Gasteiger partial charge in [-0.1, -0.05) is 37.6 Å². The topological polar surface area (TPSA) is 94.8 Å². The van der Waals surface area contributed by atoms with Crippen molar-refractivity contribution >= 4 is 11.6 Å². The predicted molar refractivity (Wildman–Crippen MR) is 111 cm³/mol. The number of ketones is 2. The molecule has 1 aliphatic carbocycles. The van der Waals surface area contributed by atoms with Gasteiger partial charge < -0.3 is 15.3 Å². The molecule has 0 radical (unpaired) electrons. The maximum Gasteiger partial charge on any atom is 0.158 e. The lowest BCUT2D eigenvalue weighted by molar-refractivity contribution is -0.122. The highest BCUT2D eigenvalue weighted by Crippen LogP contribution is 2.33. The monoisotopic (exact) mass is 394 g/mol. The van der Waals surface area contributed by atoms with Gasteiger partial charge >= 0.3 is 0 Å². The zero-order chi connectivity index (χ0) is 20.8. The predicted octanol–water partition coefficient (Wildman–Crippen LogP) is 3.37. The Morgan fingerprint density at radius 3 is 2.68 bits per heavy atom. The van der Waals surface area contributed by atoms with Crippen molar-refractivity contribution in [1.82, 2.24) is 0 Å². The van der Waals surface area contributed by atoms with Crippen LogP contribution in [0, 0.1) is 17.8 Å². The van der Waals surface area contributed by atoms with Crippen LogP contribution in [-0.2, 0) is 9.59 Å². The first-order chi connectivity index (χ1) is 13.5. The number of allylic oxidation sites excluding steroid dienone is 3. The van der Waals surface area contributed by atoms with Crippen molar-refractivity contribution in [2.75, 3.05) is 13.2 Å². The number of unbranched alkanes of at least 4 members (excludes halogenated alkanes) is 2. The minimum atomic E-state index is -0.384. The van der Waals surface area contributed by atoms with Gasteiger partial charge in [-0.05, 0) is 56.8 Å². The number of carbonyl (C=O) groups is 2. The molecule has 0 aromatic heterocycles. The Morgan fingerprint density at radius 1 is 1.18 bits per heavy atom. The van der Waals surface area contributed by atoms with Crippen LogP contribution >= 0.6 is 0 Å². The van der Waals surface area contributed by atoms with E-state index in [4.69, 9.17) is 10.2 Å². The van der Waals surface area contributed by atoms with Gasteiger partial charge in [0, 0.05) is 25.4 Å². The van der Waals surface area contributed by atoms with Crippen molar-refractivity contribution in [1.29, 1.82) is 0 Å². The van der Waals surface area contributed by atoms with Crippen LogP contribution in [0.25, 0.3) is 0 Å². The zero-order valence-electron chi connectivity index (χ0n) is 17.3. The van der Waals surface area contributed by atoms with E-state index in [0.717, 1.165) is 44.9 Å². The normalized spacial score (nSPS) is 22.4. The summed E-state index contributed by atoms with van der Waals surface area (Å²) in [4.78, 5) is 23.2. The van der Waals surface area contributed by atoms with Gasteiger partial charge in [0.2, 0.25) is 0 Å². The van der Waals surface area contributed by atoms with Gasteiger partial charge in [-0.15, -0.1) is 0 Å². The standard InChI is InChI=1S/C23H38O5/c1-18(9-6-7-16-24)22(27)13-8-10-19-14-15-23(28)21(19)12-5-3-2-4-11-20(26)17-25/h3,5,8,10,18-19,21-22,24-25,27H,2,4,6-7,9,11-17H2,1H3/t18?,19-,21+,22?/m0/s1. The molecule has 0 spiro atoms. The van der Waals surface area contributed by atoms with Crippen molar-refractivity contribution in [2.45, 2.75) is 77.2 Å². The summed E-state index contributed by atoms with van der Waals surface area (Å²) >= 11 is 0. The molecule has 5 heteroatoms.